The number of nitrogens with zero attached hydrogens (tertiary/aromatic N) is 5. The van der Waals surface area contributed by atoms with E-state index in [1.54, 1.807) is 20.4 Å². The molecule has 1 aromatic heterocycles. The van der Waals surface area contributed by atoms with E-state index < -0.39 is 0 Å². The van der Waals surface area contributed by atoms with E-state index in [4.69, 9.17) is 9.47 Å². The van der Waals surface area contributed by atoms with Gasteiger partial charge in [-0.3, -0.25) is 9.69 Å². The second kappa shape index (κ2) is 8.25. The number of morpholine rings is 1. The third kappa shape index (κ3) is 5.76. The number of hydrogen-bond acceptors (Lipinski definition) is 6. The first-order chi connectivity index (χ1) is 11.7. The van der Waals surface area contributed by atoms with Gasteiger partial charge in [0, 0.05) is 33.2 Å². The zero-order valence-electron chi connectivity index (χ0n) is 16.2. The molecule has 1 aliphatic rings. The number of likely N-dealkylation sites (N-methyl/N-ethyl adjacent to an activating group) is 1. The van der Waals surface area contributed by atoms with Gasteiger partial charge in [-0.15, -0.1) is 0 Å². The summed E-state index contributed by atoms with van der Waals surface area (Å²) < 4.78 is 13.6. The minimum atomic E-state index is -0.277. The SMILES string of the molecule is CC(C)n1ncnc1CN1C[C@@H](COCC(=O)N(C)C)OC(C)(C)C1. The molecule has 1 aromatic rings. The number of carbonyl (C=O) groups is 1. The summed E-state index contributed by atoms with van der Waals surface area (Å²) in [6.45, 7) is 11.1. The average molecular weight is 353 g/mol. The molecule has 0 aromatic carbocycles. The molecule has 2 heterocycles. The molecule has 0 N–H and O–H groups in total. The highest BCUT2D eigenvalue weighted by molar-refractivity contribution is 5.76. The number of carbonyl (C=O) groups excluding carboxylic acids is 1. The Morgan fingerprint density at radius 1 is 1.48 bits per heavy atom. The number of rotatable bonds is 7. The fourth-order valence-electron chi connectivity index (χ4n) is 3.05. The van der Waals surface area contributed by atoms with Gasteiger partial charge in [0.25, 0.3) is 0 Å². The predicted octanol–water partition coefficient (Wildman–Crippen LogP) is 0.943. The standard InChI is InChI=1S/C17H31N5O3/c1-13(2)22-15(18-12-19-22)8-21-7-14(25-17(3,4)11-21)9-24-10-16(23)20(5)6/h12-14H,7-11H2,1-6H3/t14-/m0/s1. The van der Waals surface area contributed by atoms with Crippen LogP contribution in [0.4, 0.5) is 0 Å². The van der Waals surface area contributed by atoms with Crippen LogP contribution in [0.15, 0.2) is 6.33 Å². The minimum absolute atomic E-state index is 0.0445. The summed E-state index contributed by atoms with van der Waals surface area (Å²) in [6.07, 6.45) is 1.53. The van der Waals surface area contributed by atoms with Crippen molar-refractivity contribution in [2.75, 3.05) is 40.4 Å². The van der Waals surface area contributed by atoms with Crippen LogP contribution in [0.5, 0.6) is 0 Å². The lowest BCUT2D eigenvalue weighted by Gasteiger charge is -2.42. The Balaban J connectivity index is 1.93. The maximum absolute atomic E-state index is 11.6. The first-order valence-electron chi connectivity index (χ1n) is 8.74. The Hall–Kier alpha value is -1.51. The molecule has 1 atom stereocenters. The van der Waals surface area contributed by atoms with Crippen molar-refractivity contribution in [2.45, 2.75) is 52.0 Å². The van der Waals surface area contributed by atoms with Crippen LogP contribution >= 0.6 is 0 Å². The van der Waals surface area contributed by atoms with Crippen molar-refractivity contribution in [3.63, 3.8) is 0 Å². The van der Waals surface area contributed by atoms with Crippen molar-refractivity contribution in [2.24, 2.45) is 0 Å². The van der Waals surface area contributed by atoms with Crippen LogP contribution in [0.25, 0.3) is 0 Å². The minimum Gasteiger partial charge on any atom is -0.369 e. The van der Waals surface area contributed by atoms with E-state index in [-0.39, 0.29) is 30.3 Å². The van der Waals surface area contributed by atoms with Gasteiger partial charge in [0.05, 0.1) is 24.9 Å². The van der Waals surface area contributed by atoms with E-state index in [1.807, 2.05) is 4.68 Å². The maximum atomic E-state index is 11.6. The highest BCUT2D eigenvalue weighted by atomic mass is 16.5. The van der Waals surface area contributed by atoms with Gasteiger partial charge in [-0.1, -0.05) is 0 Å². The smallest absolute Gasteiger partial charge is 0.248 e. The van der Waals surface area contributed by atoms with Crippen molar-refractivity contribution in [1.29, 1.82) is 0 Å². The Bertz CT molecular complexity index is 570. The molecule has 1 amide bonds. The Morgan fingerprint density at radius 3 is 2.84 bits per heavy atom. The largest absolute Gasteiger partial charge is 0.369 e. The van der Waals surface area contributed by atoms with Crippen LogP contribution in [-0.4, -0.2) is 82.6 Å². The molecule has 0 bridgehead atoms. The lowest BCUT2D eigenvalue weighted by Crippen LogP contribution is -2.54. The molecule has 1 saturated heterocycles. The van der Waals surface area contributed by atoms with Crippen LogP contribution in [0, 0.1) is 0 Å². The summed E-state index contributed by atoms with van der Waals surface area (Å²) >= 11 is 0. The molecule has 8 nitrogen and oxygen atoms in total. The van der Waals surface area contributed by atoms with Crippen molar-refractivity contribution in [3.05, 3.63) is 12.2 Å². The summed E-state index contributed by atoms with van der Waals surface area (Å²) in [5.41, 5.74) is -0.277. The van der Waals surface area contributed by atoms with Crippen molar-refractivity contribution in [3.8, 4) is 0 Å². The zero-order valence-corrected chi connectivity index (χ0v) is 16.2. The first-order valence-corrected chi connectivity index (χ1v) is 8.74. The van der Waals surface area contributed by atoms with Gasteiger partial charge < -0.3 is 14.4 Å². The molecule has 0 aliphatic carbocycles. The molecular weight excluding hydrogens is 322 g/mol. The van der Waals surface area contributed by atoms with E-state index in [9.17, 15) is 4.79 Å². The predicted molar refractivity (Wildman–Crippen MR) is 94.1 cm³/mol. The maximum Gasteiger partial charge on any atom is 0.248 e. The number of ether oxygens (including phenoxy) is 2. The average Bonchev–Trinajstić information content (AvgIpc) is 2.93. The Labute approximate surface area is 150 Å². The van der Waals surface area contributed by atoms with Crippen LogP contribution < -0.4 is 0 Å². The van der Waals surface area contributed by atoms with Gasteiger partial charge in [-0.25, -0.2) is 9.67 Å². The van der Waals surface area contributed by atoms with E-state index in [2.05, 4.69) is 42.7 Å². The van der Waals surface area contributed by atoms with Gasteiger partial charge in [0.15, 0.2) is 0 Å². The fourth-order valence-corrected chi connectivity index (χ4v) is 3.05. The molecule has 0 spiro atoms. The summed E-state index contributed by atoms with van der Waals surface area (Å²) in [5, 5.41) is 4.30. The molecule has 25 heavy (non-hydrogen) atoms. The third-order valence-corrected chi connectivity index (χ3v) is 4.08. The van der Waals surface area contributed by atoms with Gasteiger partial charge in [-0.05, 0) is 27.7 Å². The topological polar surface area (TPSA) is 72.7 Å². The van der Waals surface area contributed by atoms with Gasteiger partial charge in [-0.2, -0.15) is 5.10 Å². The van der Waals surface area contributed by atoms with Crippen LogP contribution in [0.2, 0.25) is 0 Å². The molecule has 0 saturated carbocycles. The number of amides is 1. The van der Waals surface area contributed by atoms with Gasteiger partial charge >= 0.3 is 0 Å². The fraction of sp³-hybridized carbons (Fsp3) is 0.824. The van der Waals surface area contributed by atoms with E-state index >= 15 is 0 Å². The van der Waals surface area contributed by atoms with Gasteiger partial charge in [0.1, 0.15) is 18.8 Å². The first kappa shape index (κ1) is 19.8. The molecule has 142 valence electrons. The highest BCUT2D eigenvalue weighted by Gasteiger charge is 2.34. The van der Waals surface area contributed by atoms with E-state index in [0.717, 1.165) is 25.5 Å². The monoisotopic (exact) mass is 353 g/mol. The molecule has 1 aliphatic heterocycles. The molecule has 2 rings (SSSR count). The van der Waals surface area contributed by atoms with E-state index in [0.29, 0.717) is 6.61 Å². The van der Waals surface area contributed by atoms with Crippen LogP contribution in [0.3, 0.4) is 0 Å². The lowest BCUT2D eigenvalue weighted by atomic mass is 10.1. The highest BCUT2D eigenvalue weighted by Crippen LogP contribution is 2.23. The van der Waals surface area contributed by atoms with Crippen LogP contribution in [-0.2, 0) is 20.8 Å². The molecule has 8 heteroatoms. The second-order valence-electron chi connectivity index (χ2n) is 7.69. The lowest BCUT2D eigenvalue weighted by molar-refractivity contribution is -0.161. The number of hydrogen-bond donors (Lipinski definition) is 0. The summed E-state index contributed by atoms with van der Waals surface area (Å²) in [5.74, 6) is 0.909. The van der Waals surface area contributed by atoms with Crippen molar-refractivity contribution >= 4 is 5.91 Å². The van der Waals surface area contributed by atoms with Crippen molar-refractivity contribution < 1.29 is 14.3 Å². The summed E-state index contributed by atoms with van der Waals surface area (Å²) in [4.78, 5) is 19.9. The van der Waals surface area contributed by atoms with Crippen molar-refractivity contribution in [1.82, 2.24) is 24.6 Å². The molecule has 0 unspecified atom stereocenters. The zero-order chi connectivity index (χ0) is 18.6. The quantitative estimate of drug-likeness (QED) is 0.726. The third-order valence-electron chi connectivity index (χ3n) is 4.08. The molecule has 0 radical (unpaired) electrons. The normalized spacial score (nSPS) is 20.8. The van der Waals surface area contributed by atoms with Gasteiger partial charge in [0.2, 0.25) is 5.91 Å². The summed E-state index contributed by atoms with van der Waals surface area (Å²) in [6, 6.07) is 0.280. The Morgan fingerprint density at radius 2 is 2.20 bits per heavy atom. The second-order valence-corrected chi connectivity index (χ2v) is 7.69. The van der Waals surface area contributed by atoms with Crippen LogP contribution in [0.1, 0.15) is 39.6 Å². The number of aromatic nitrogens is 3. The molecule has 1 fully saturated rings. The summed E-state index contributed by atoms with van der Waals surface area (Å²) in [7, 11) is 3.44. The van der Waals surface area contributed by atoms with E-state index in [1.165, 1.54) is 4.90 Å². The Kier molecular flexibility index (Phi) is 6.53. The molecular formula is C17H31N5O3.